The third-order valence-electron chi connectivity index (χ3n) is 2.01. The zero-order valence-electron chi connectivity index (χ0n) is 13.3. The number of hydrogen-bond donors (Lipinski definition) is 0. The highest BCUT2D eigenvalue weighted by atomic mass is 32.2. The summed E-state index contributed by atoms with van der Waals surface area (Å²) in [5.41, 5.74) is -0.857. The van der Waals surface area contributed by atoms with Crippen molar-refractivity contribution in [3.05, 3.63) is 0 Å². The smallest absolute Gasteiger partial charge is 0.334 e. The Balaban J connectivity index is 4.98. The maximum absolute atomic E-state index is 11.7. The average molecular weight is 323 g/mol. The molecule has 0 amide bonds. The minimum atomic E-state index is -5.20. The number of carbonyl (C=O) groups excluding carboxylic acids is 2. The van der Waals surface area contributed by atoms with Crippen molar-refractivity contribution in [1.29, 1.82) is 0 Å². The largest absolute Gasteiger partial charge is 0.747 e. The molecule has 0 fully saturated rings. The van der Waals surface area contributed by atoms with Crippen molar-refractivity contribution in [2.24, 2.45) is 10.8 Å². The summed E-state index contributed by atoms with van der Waals surface area (Å²) in [5, 5.41) is -2.48. The summed E-state index contributed by atoms with van der Waals surface area (Å²) in [6, 6.07) is 0. The van der Waals surface area contributed by atoms with Crippen LogP contribution in [0.15, 0.2) is 0 Å². The number of esters is 2. The van der Waals surface area contributed by atoms with Gasteiger partial charge >= 0.3 is 11.9 Å². The summed E-state index contributed by atoms with van der Waals surface area (Å²) in [6.45, 7) is 10.3. The lowest BCUT2D eigenvalue weighted by Crippen LogP contribution is -2.42. The van der Waals surface area contributed by atoms with Gasteiger partial charge in [-0.1, -0.05) is 41.5 Å². The Morgan fingerprint density at radius 2 is 1.19 bits per heavy atom. The quantitative estimate of drug-likeness (QED) is 0.423. The minimum absolute atomic E-state index is 0.121. The van der Waals surface area contributed by atoms with Crippen molar-refractivity contribution in [2.45, 2.75) is 46.8 Å². The van der Waals surface area contributed by atoms with E-state index in [1.54, 1.807) is 41.5 Å². The van der Waals surface area contributed by atoms with Crippen molar-refractivity contribution in [2.75, 3.05) is 13.2 Å². The molecule has 124 valence electrons. The van der Waals surface area contributed by atoms with Gasteiger partial charge in [0.05, 0.1) is 13.2 Å². The Hall–Kier alpha value is -1.15. The molecule has 0 aliphatic heterocycles. The standard InChI is InChI=1S/C13H24O7S/c1-12(2,3)7-19-10(14)9(21(16,17)18)11(15)20-8-13(4,5)6/h9H,7-8H2,1-6H3,(H,16,17,18)/p-1. The summed E-state index contributed by atoms with van der Waals surface area (Å²) >= 11 is 0. The summed E-state index contributed by atoms with van der Waals surface area (Å²) < 4.78 is 42.8. The van der Waals surface area contributed by atoms with Crippen molar-refractivity contribution < 1.29 is 32.0 Å². The highest BCUT2D eigenvalue weighted by Gasteiger charge is 2.37. The molecule has 0 heterocycles. The molecule has 0 aromatic heterocycles. The minimum Gasteiger partial charge on any atom is -0.747 e. The Morgan fingerprint density at radius 1 is 0.905 bits per heavy atom. The van der Waals surface area contributed by atoms with E-state index < -0.39 is 38.1 Å². The fourth-order valence-corrected chi connectivity index (χ4v) is 1.67. The Bertz CT molecular complexity index is 450. The molecular formula is C13H23O7S-. The molecule has 0 aliphatic rings. The maximum Gasteiger partial charge on any atom is 0.334 e. The van der Waals surface area contributed by atoms with Crippen LogP contribution in [0.1, 0.15) is 41.5 Å². The summed E-state index contributed by atoms with van der Waals surface area (Å²) in [5.74, 6) is -2.81. The number of hydrogen-bond acceptors (Lipinski definition) is 7. The predicted molar refractivity (Wildman–Crippen MR) is 74.3 cm³/mol. The molecule has 0 radical (unpaired) electrons. The van der Waals surface area contributed by atoms with Gasteiger partial charge in [-0.15, -0.1) is 0 Å². The van der Waals surface area contributed by atoms with Crippen LogP contribution < -0.4 is 0 Å². The van der Waals surface area contributed by atoms with Crippen LogP contribution in [0.3, 0.4) is 0 Å². The van der Waals surface area contributed by atoms with Gasteiger partial charge in [-0.05, 0) is 10.8 Å². The van der Waals surface area contributed by atoms with E-state index >= 15 is 0 Å². The lowest BCUT2D eigenvalue weighted by atomic mass is 9.99. The average Bonchev–Trinajstić information content (AvgIpc) is 2.20. The first-order valence-corrected chi connectivity index (χ1v) is 7.89. The van der Waals surface area contributed by atoms with Gasteiger partial charge in [0, 0.05) is 0 Å². The number of carbonyl (C=O) groups is 2. The molecule has 0 aromatic rings. The highest BCUT2D eigenvalue weighted by molar-refractivity contribution is 7.88. The normalized spacial score (nSPS) is 13.1. The molecule has 21 heavy (non-hydrogen) atoms. The second kappa shape index (κ2) is 6.74. The van der Waals surface area contributed by atoms with Crippen molar-refractivity contribution >= 4 is 22.1 Å². The van der Waals surface area contributed by atoms with Crippen LogP contribution in [-0.4, -0.2) is 43.4 Å². The summed E-state index contributed by atoms with van der Waals surface area (Å²) in [6.07, 6.45) is 0. The molecule has 0 N–H and O–H groups in total. The molecule has 0 unspecified atom stereocenters. The van der Waals surface area contributed by atoms with Gasteiger partial charge in [0.15, 0.2) is 0 Å². The van der Waals surface area contributed by atoms with E-state index in [-0.39, 0.29) is 13.2 Å². The molecule has 0 aromatic carbocycles. The van der Waals surface area contributed by atoms with E-state index in [1.165, 1.54) is 0 Å². The molecular weight excluding hydrogens is 300 g/mol. The molecule has 0 aliphatic carbocycles. The molecule has 0 spiro atoms. The summed E-state index contributed by atoms with van der Waals surface area (Å²) in [7, 11) is -5.20. The zero-order valence-corrected chi connectivity index (χ0v) is 14.1. The van der Waals surface area contributed by atoms with Gasteiger partial charge in [-0.25, -0.2) is 8.42 Å². The predicted octanol–water partition coefficient (Wildman–Crippen LogP) is 1.08. The van der Waals surface area contributed by atoms with Crippen LogP contribution in [0.2, 0.25) is 0 Å². The van der Waals surface area contributed by atoms with Crippen molar-refractivity contribution in [1.82, 2.24) is 0 Å². The third-order valence-corrected chi connectivity index (χ3v) is 2.97. The van der Waals surface area contributed by atoms with E-state index in [4.69, 9.17) is 9.47 Å². The van der Waals surface area contributed by atoms with Gasteiger partial charge in [0.2, 0.25) is 5.25 Å². The maximum atomic E-state index is 11.7. The molecule has 7 nitrogen and oxygen atoms in total. The monoisotopic (exact) mass is 323 g/mol. The van der Waals surface area contributed by atoms with Crippen molar-refractivity contribution in [3.63, 3.8) is 0 Å². The molecule has 8 heteroatoms. The lowest BCUT2D eigenvalue weighted by Gasteiger charge is -2.23. The molecule has 0 saturated carbocycles. The van der Waals surface area contributed by atoms with Gasteiger partial charge in [0.25, 0.3) is 0 Å². The topological polar surface area (TPSA) is 110 Å². The molecule has 0 rings (SSSR count). The Labute approximate surface area is 125 Å². The molecule has 0 atom stereocenters. The first-order valence-electron chi connectivity index (χ1n) is 6.41. The molecule has 0 saturated heterocycles. The number of rotatable bonds is 5. The fraction of sp³-hybridized carbons (Fsp3) is 0.846. The van der Waals surface area contributed by atoms with Crippen LogP contribution in [0.5, 0.6) is 0 Å². The lowest BCUT2D eigenvalue weighted by molar-refractivity contribution is -0.157. The van der Waals surface area contributed by atoms with Crippen LogP contribution in [0.4, 0.5) is 0 Å². The Kier molecular flexibility index (Phi) is 6.37. The SMILES string of the molecule is CC(C)(C)COC(=O)C(C(=O)OCC(C)(C)C)S(=O)(=O)[O-]. The van der Waals surface area contributed by atoms with E-state index in [9.17, 15) is 22.6 Å². The van der Waals surface area contributed by atoms with E-state index in [1.807, 2.05) is 0 Å². The second-order valence-electron chi connectivity index (χ2n) is 7.21. The van der Waals surface area contributed by atoms with Crippen LogP contribution in [0.25, 0.3) is 0 Å². The van der Waals surface area contributed by atoms with E-state index in [0.29, 0.717) is 0 Å². The van der Waals surface area contributed by atoms with Crippen LogP contribution in [-0.2, 0) is 29.2 Å². The van der Waals surface area contributed by atoms with E-state index in [0.717, 1.165) is 0 Å². The molecule has 0 bridgehead atoms. The first kappa shape index (κ1) is 19.9. The van der Waals surface area contributed by atoms with Gasteiger partial charge in [-0.2, -0.15) is 0 Å². The van der Waals surface area contributed by atoms with Crippen molar-refractivity contribution in [3.8, 4) is 0 Å². The van der Waals surface area contributed by atoms with Crippen LogP contribution >= 0.6 is 0 Å². The fourth-order valence-electron chi connectivity index (χ4n) is 1.06. The van der Waals surface area contributed by atoms with E-state index in [2.05, 4.69) is 0 Å². The first-order chi connectivity index (χ1) is 9.13. The van der Waals surface area contributed by atoms with Gasteiger partial charge in [0.1, 0.15) is 10.1 Å². The zero-order chi connectivity index (χ0) is 17.1. The number of ether oxygens (including phenoxy) is 2. The summed E-state index contributed by atoms with van der Waals surface area (Å²) in [4.78, 5) is 23.4. The highest BCUT2D eigenvalue weighted by Crippen LogP contribution is 2.17. The third kappa shape index (κ3) is 8.67. The van der Waals surface area contributed by atoms with Crippen LogP contribution in [0, 0.1) is 10.8 Å². The van der Waals surface area contributed by atoms with Gasteiger partial charge < -0.3 is 14.0 Å². The Morgan fingerprint density at radius 3 is 1.38 bits per heavy atom. The van der Waals surface area contributed by atoms with Gasteiger partial charge in [-0.3, -0.25) is 9.59 Å². The second-order valence-corrected chi connectivity index (χ2v) is 8.67.